The lowest BCUT2D eigenvalue weighted by molar-refractivity contribution is 0.0951. The van der Waals surface area contributed by atoms with Crippen LogP contribution < -0.4 is 10.6 Å². The molecule has 6 nitrogen and oxygen atoms in total. The van der Waals surface area contributed by atoms with E-state index in [-0.39, 0.29) is 11.8 Å². The lowest BCUT2D eigenvalue weighted by Gasteiger charge is -2.11. The molecule has 1 aromatic heterocycles. The fourth-order valence-corrected chi connectivity index (χ4v) is 2.15. The molecule has 112 valence electrons. The first kappa shape index (κ1) is 16.6. The highest BCUT2D eigenvalue weighted by atomic mass is 32.2. The first-order valence-corrected chi connectivity index (χ1v) is 8.16. The number of amides is 1. The van der Waals surface area contributed by atoms with Crippen LogP contribution in [0.5, 0.6) is 0 Å². The van der Waals surface area contributed by atoms with Gasteiger partial charge in [0.1, 0.15) is 5.82 Å². The summed E-state index contributed by atoms with van der Waals surface area (Å²) in [5.41, 5.74) is 0.914. The van der Waals surface area contributed by atoms with Crippen molar-refractivity contribution in [3.63, 3.8) is 0 Å². The molecule has 0 radical (unpaired) electrons. The van der Waals surface area contributed by atoms with Crippen LogP contribution in [-0.2, 0) is 10.8 Å². The Morgan fingerprint density at radius 2 is 2.15 bits per heavy atom. The lowest BCUT2D eigenvalue weighted by Crippen LogP contribution is -2.29. The third-order valence-electron chi connectivity index (χ3n) is 2.75. The minimum Gasteiger partial charge on any atom is -0.385 e. The van der Waals surface area contributed by atoms with Crippen LogP contribution in [0, 0.1) is 0 Å². The van der Waals surface area contributed by atoms with Crippen LogP contribution in [0.2, 0.25) is 0 Å². The average Bonchev–Trinajstić information content (AvgIpc) is 2.45. The summed E-state index contributed by atoms with van der Waals surface area (Å²) >= 11 is 0. The monoisotopic (exact) mass is 298 g/mol. The van der Waals surface area contributed by atoms with Gasteiger partial charge in [-0.05, 0) is 0 Å². The molecule has 0 aliphatic carbocycles. The average molecular weight is 298 g/mol. The van der Waals surface area contributed by atoms with E-state index in [1.807, 2.05) is 20.8 Å². The molecule has 20 heavy (non-hydrogen) atoms. The fraction of sp³-hybridized carbons (Fsp3) is 0.615. The van der Waals surface area contributed by atoms with Gasteiger partial charge in [-0.1, -0.05) is 20.8 Å². The van der Waals surface area contributed by atoms with E-state index >= 15 is 0 Å². The summed E-state index contributed by atoms with van der Waals surface area (Å²) in [6.45, 7) is 6.18. The molecular weight excluding hydrogens is 276 g/mol. The number of carbonyl (C=O) groups is 1. The van der Waals surface area contributed by atoms with Gasteiger partial charge >= 0.3 is 0 Å². The van der Waals surface area contributed by atoms with Crippen molar-refractivity contribution >= 4 is 22.4 Å². The van der Waals surface area contributed by atoms with Crippen molar-refractivity contribution < 1.29 is 9.00 Å². The second kappa shape index (κ2) is 7.94. The Morgan fingerprint density at radius 3 is 2.70 bits per heavy atom. The number of hydrogen-bond acceptors (Lipinski definition) is 5. The van der Waals surface area contributed by atoms with Crippen molar-refractivity contribution in [2.75, 3.05) is 30.4 Å². The third-order valence-corrected chi connectivity index (χ3v) is 4.05. The summed E-state index contributed by atoms with van der Waals surface area (Å²) < 4.78 is 11.3. The summed E-state index contributed by atoms with van der Waals surface area (Å²) in [6, 6.07) is 0. The summed E-state index contributed by atoms with van der Waals surface area (Å²) in [7, 11) is 0.837. The van der Waals surface area contributed by atoms with Crippen LogP contribution in [0.15, 0.2) is 6.20 Å². The normalized spacial score (nSPS) is 12.2. The maximum Gasteiger partial charge on any atom is 0.272 e. The van der Waals surface area contributed by atoms with Crippen LogP contribution in [-0.4, -0.2) is 45.2 Å². The topological polar surface area (TPSA) is 84.0 Å². The number of carbonyl (C=O) groups excluding carboxylic acids is 1. The van der Waals surface area contributed by atoms with Crippen molar-refractivity contribution in [3.05, 3.63) is 17.7 Å². The molecule has 1 unspecified atom stereocenters. The van der Waals surface area contributed by atoms with Gasteiger partial charge in [-0.25, -0.2) is 9.97 Å². The highest BCUT2D eigenvalue weighted by molar-refractivity contribution is 7.84. The summed E-state index contributed by atoms with van der Waals surface area (Å²) in [5, 5.41) is 5.65. The van der Waals surface area contributed by atoms with Gasteiger partial charge in [0.2, 0.25) is 0 Å². The molecule has 0 saturated carbocycles. The van der Waals surface area contributed by atoms with Gasteiger partial charge in [0.05, 0.1) is 11.9 Å². The molecule has 2 N–H and O–H groups in total. The summed E-state index contributed by atoms with van der Waals surface area (Å²) in [6.07, 6.45) is 1.61. The van der Waals surface area contributed by atoms with Crippen LogP contribution in [0.3, 0.4) is 0 Å². The molecule has 0 spiro atoms. The van der Waals surface area contributed by atoms with Gasteiger partial charge in [-0.3, -0.25) is 9.00 Å². The zero-order chi connectivity index (χ0) is 15.1. The molecule has 0 aliphatic rings. The third kappa shape index (κ3) is 4.56. The Labute approximate surface area is 122 Å². The van der Waals surface area contributed by atoms with Gasteiger partial charge in [-0.15, -0.1) is 0 Å². The van der Waals surface area contributed by atoms with Gasteiger partial charge in [0.25, 0.3) is 5.91 Å². The Kier molecular flexibility index (Phi) is 6.57. The Hall–Kier alpha value is -1.50. The van der Waals surface area contributed by atoms with E-state index in [2.05, 4.69) is 20.6 Å². The van der Waals surface area contributed by atoms with Crippen molar-refractivity contribution in [1.82, 2.24) is 15.3 Å². The molecule has 0 aromatic carbocycles. The number of aromatic nitrogens is 2. The second-order valence-corrected chi connectivity index (χ2v) is 6.45. The molecular formula is C13H22N4O2S. The van der Waals surface area contributed by atoms with Gasteiger partial charge in [0, 0.05) is 41.8 Å². The maximum absolute atomic E-state index is 12.1. The second-order valence-electron chi connectivity index (χ2n) is 4.58. The SMILES string of the molecule is CCS(=O)CCNC(=O)c1nc(C(C)C)ncc1NC. The van der Waals surface area contributed by atoms with Crippen molar-refractivity contribution in [1.29, 1.82) is 0 Å². The highest BCUT2D eigenvalue weighted by Crippen LogP contribution is 2.15. The van der Waals surface area contributed by atoms with Gasteiger partial charge < -0.3 is 10.6 Å². The first-order valence-electron chi connectivity index (χ1n) is 6.67. The number of hydrogen-bond donors (Lipinski definition) is 2. The quantitative estimate of drug-likeness (QED) is 0.788. The summed E-state index contributed by atoms with van der Waals surface area (Å²) in [5.74, 6) is 1.57. The minimum absolute atomic E-state index is 0.153. The smallest absolute Gasteiger partial charge is 0.272 e. The zero-order valence-corrected chi connectivity index (χ0v) is 13.2. The molecule has 0 saturated heterocycles. The minimum atomic E-state index is -0.882. The van der Waals surface area contributed by atoms with E-state index in [1.165, 1.54) is 0 Å². The van der Waals surface area contributed by atoms with E-state index in [0.29, 0.717) is 35.3 Å². The summed E-state index contributed by atoms with van der Waals surface area (Å²) in [4.78, 5) is 20.6. The van der Waals surface area contributed by atoms with E-state index < -0.39 is 10.8 Å². The Morgan fingerprint density at radius 1 is 1.45 bits per heavy atom. The molecule has 0 fully saturated rings. The lowest BCUT2D eigenvalue weighted by atomic mass is 10.2. The van der Waals surface area contributed by atoms with Crippen LogP contribution in [0.4, 0.5) is 5.69 Å². The maximum atomic E-state index is 12.1. The largest absolute Gasteiger partial charge is 0.385 e. The molecule has 1 amide bonds. The number of nitrogens with zero attached hydrogens (tertiary/aromatic N) is 2. The van der Waals surface area contributed by atoms with Gasteiger partial charge in [-0.2, -0.15) is 0 Å². The molecule has 0 bridgehead atoms. The van der Waals surface area contributed by atoms with Crippen LogP contribution in [0.1, 0.15) is 43.0 Å². The highest BCUT2D eigenvalue weighted by Gasteiger charge is 2.15. The zero-order valence-electron chi connectivity index (χ0n) is 12.4. The van der Waals surface area contributed by atoms with E-state index in [0.717, 1.165) is 0 Å². The van der Waals surface area contributed by atoms with Crippen molar-refractivity contribution in [3.8, 4) is 0 Å². The van der Waals surface area contributed by atoms with Crippen molar-refractivity contribution in [2.24, 2.45) is 0 Å². The van der Waals surface area contributed by atoms with Crippen molar-refractivity contribution in [2.45, 2.75) is 26.7 Å². The fourth-order valence-electron chi connectivity index (χ4n) is 1.54. The van der Waals surface area contributed by atoms with E-state index in [4.69, 9.17) is 0 Å². The van der Waals surface area contributed by atoms with Crippen LogP contribution in [0.25, 0.3) is 0 Å². The van der Waals surface area contributed by atoms with E-state index in [9.17, 15) is 9.00 Å². The number of rotatable bonds is 7. The molecule has 1 atom stereocenters. The predicted octanol–water partition coefficient (Wildman–Crippen LogP) is 1.14. The molecule has 7 heteroatoms. The number of anilines is 1. The molecule has 1 aromatic rings. The molecule has 1 rings (SSSR count). The first-order chi connectivity index (χ1) is 9.49. The Bertz CT molecular complexity index is 491. The molecule has 1 heterocycles. The predicted molar refractivity (Wildman–Crippen MR) is 81.6 cm³/mol. The molecule has 0 aliphatic heterocycles. The van der Waals surface area contributed by atoms with E-state index in [1.54, 1.807) is 13.2 Å². The Balaban J connectivity index is 2.79. The van der Waals surface area contributed by atoms with Gasteiger partial charge in [0.15, 0.2) is 5.69 Å². The standard InChI is InChI=1S/C13H22N4O2S/c1-5-20(19)7-6-15-13(18)11-10(14-4)8-16-12(17-11)9(2)3/h8-9,14H,5-7H2,1-4H3,(H,15,18). The van der Waals surface area contributed by atoms with Crippen LogP contribution >= 0.6 is 0 Å². The number of nitrogens with one attached hydrogen (secondary N) is 2.